The number of carbonyl (C=O) groups excluding carboxylic acids is 10. The van der Waals surface area contributed by atoms with Crippen molar-refractivity contribution in [2.75, 3.05) is 13.2 Å². The van der Waals surface area contributed by atoms with Gasteiger partial charge in [-0.3, -0.25) is 47.9 Å². The lowest BCUT2D eigenvalue weighted by molar-refractivity contribution is -0.142. The van der Waals surface area contributed by atoms with E-state index >= 15 is 0 Å². The van der Waals surface area contributed by atoms with Gasteiger partial charge in [0.05, 0.1) is 12.6 Å². The SMILES string of the molecule is CC[C@H](C)[C@H](NC(=O)C(C)(C)NC(=O)[C@@H](NC(=O)[C@@H](NC(=O)C(C)(C)NC(C)=O)C(C)C)C(C)C)C(=O)NC(C)(C)C(=O)NC(C)(C)C(=O)N[C@@H](C)C(=O)NC(C)(C)C(=O)N1CCC[C@H]1CO. The molecule has 1 aliphatic rings. The summed E-state index contributed by atoms with van der Waals surface area (Å²) in [6, 6.07) is -4.93. The predicted octanol–water partition coefficient (Wildman–Crippen LogP) is -0.219. The first-order chi connectivity index (χ1) is 30.4. The fourth-order valence-corrected chi connectivity index (χ4v) is 7.10. The third-order valence-corrected chi connectivity index (χ3v) is 11.9. The molecule has 1 rings (SSSR count). The summed E-state index contributed by atoms with van der Waals surface area (Å²) in [5, 5.41) is 33.4. The summed E-state index contributed by atoms with van der Waals surface area (Å²) in [5.41, 5.74) is -7.59. The molecule has 382 valence electrons. The van der Waals surface area contributed by atoms with Crippen LogP contribution in [0.4, 0.5) is 0 Å². The summed E-state index contributed by atoms with van der Waals surface area (Å²) in [6.45, 7) is 27.7. The molecule has 0 radical (unpaired) electrons. The van der Waals surface area contributed by atoms with E-state index in [2.05, 4.69) is 47.9 Å². The van der Waals surface area contributed by atoms with Crippen LogP contribution in [0.1, 0.15) is 144 Å². The Morgan fingerprint density at radius 1 is 0.522 bits per heavy atom. The number of aliphatic hydroxyl groups excluding tert-OH is 1. The third kappa shape index (κ3) is 16.7. The van der Waals surface area contributed by atoms with E-state index in [-0.39, 0.29) is 18.6 Å². The first kappa shape index (κ1) is 59.7. The van der Waals surface area contributed by atoms with E-state index in [4.69, 9.17) is 0 Å². The van der Waals surface area contributed by atoms with Crippen molar-refractivity contribution in [3.05, 3.63) is 0 Å². The van der Waals surface area contributed by atoms with Gasteiger partial charge >= 0.3 is 0 Å². The van der Waals surface area contributed by atoms with E-state index in [0.29, 0.717) is 19.4 Å². The predicted molar refractivity (Wildman–Crippen MR) is 251 cm³/mol. The highest BCUT2D eigenvalue weighted by atomic mass is 16.3. The van der Waals surface area contributed by atoms with Crippen LogP contribution >= 0.6 is 0 Å². The van der Waals surface area contributed by atoms with Crippen LogP contribution in [0.5, 0.6) is 0 Å². The fourth-order valence-electron chi connectivity index (χ4n) is 7.10. The zero-order chi connectivity index (χ0) is 52.4. The minimum atomic E-state index is -1.65. The van der Waals surface area contributed by atoms with E-state index in [9.17, 15) is 53.1 Å². The molecule has 10 amide bonds. The first-order valence-corrected chi connectivity index (χ1v) is 23.1. The van der Waals surface area contributed by atoms with E-state index < -0.39 is 123 Å². The first-order valence-electron chi connectivity index (χ1n) is 23.1. The molecule has 1 heterocycles. The minimum Gasteiger partial charge on any atom is -0.394 e. The van der Waals surface area contributed by atoms with E-state index in [1.807, 2.05) is 0 Å². The molecule has 21 heteroatoms. The molecule has 0 aromatic heterocycles. The summed E-state index contributed by atoms with van der Waals surface area (Å²) in [7, 11) is 0. The Morgan fingerprint density at radius 3 is 1.39 bits per heavy atom. The van der Waals surface area contributed by atoms with Gasteiger partial charge in [-0.05, 0) is 107 Å². The average molecular weight is 951 g/mol. The number of hydrogen-bond acceptors (Lipinski definition) is 11. The maximum absolute atomic E-state index is 13.9. The number of rotatable bonds is 23. The van der Waals surface area contributed by atoms with Gasteiger partial charge in [0, 0.05) is 13.5 Å². The molecule has 67 heavy (non-hydrogen) atoms. The van der Waals surface area contributed by atoms with Crippen LogP contribution in [0.3, 0.4) is 0 Å². The highest BCUT2D eigenvalue weighted by Gasteiger charge is 2.43. The number of amides is 10. The molecule has 0 aromatic rings. The topological polar surface area (TPSA) is 302 Å². The molecule has 1 aliphatic heterocycles. The highest BCUT2D eigenvalue weighted by Crippen LogP contribution is 2.22. The minimum absolute atomic E-state index is 0.197. The van der Waals surface area contributed by atoms with Gasteiger partial charge in [-0.1, -0.05) is 48.0 Å². The molecule has 0 bridgehead atoms. The number of nitrogens with one attached hydrogen (secondary N) is 9. The van der Waals surface area contributed by atoms with Crippen LogP contribution in [0, 0.1) is 17.8 Å². The lowest BCUT2D eigenvalue weighted by atomic mass is 9.93. The van der Waals surface area contributed by atoms with Gasteiger partial charge in [0.25, 0.3) is 0 Å². The molecule has 10 N–H and O–H groups in total. The Morgan fingerprint density at radius 2 is 0.925 bits per heavy atom. The molecular formula is C46H82N10O11. The van der Waals surface area contributed by atoms with Crippen LogP contribution in [0.2, 0.25) is 0 Å². The van der Waals surface area contributed by atoms with Gasteiger partial charge in [-0.25, -0.2) is 0 Å². The number of aliphatic hydroxyl groups is 1. The molecular weight excluding hydrogens is 869 g/mol. The van der Waals surface area contributed by atoms with Gasteiger partial charge in [-0.15, -0.1) is 0 Å². The monoisotopic (exact) mass is 951 g/mol. The summed E-state index contributed by atoms with van der Waals surface area (Å²) in [4.78, 5) is 135. The van der Waals surface area contributed by atoms with Crippen molar-refractivity contribution in [3.63, 3.8) is 0 Å². The van der Waals surface area contributed by atoms with E-state index in [0.717, 1.165) is 6.42 Å². The standard InChI is InChI=1S/C46H82N10O11/c1-19-26(6)32(50-39(65)43(11,12)53-35(61)31(25(4)5)48-34(60)30(24(2)3)49-38(64)42(9,10)51-28(8)58)36(62)54-45(15,16)40(66)55-44(13,14)37(63)47-27(7)33(59)52-46(17,18)41(67)56-22-20-21-29(56)23-57/h24-27,29-32,57H,19-23H2,1-18H3,(H,47,63)(H,48,60)(H,49,64)(H,50,65)(H,51,58)(H,52,59)(H,53,61)(H,54,62)(H,55,66)/t26-,27-,29-,30-,31-,32-/m0/s1. The van der Waals surface area contributed by atoms with E-state index in [1.165, 1.54) is 88.0 Å². The number of likely N-dealkylation sites (tertiary alicyclic amines) is 1. The molecule has 1 saturated heterocycles. The molecule has 0 aliphatic carbocycles. The second kappa shape index (κ2) is 23.6. The average Bonchev–Trinajstić information content (AvgIpc) is 3.67. The zero-order valence-corrected chi connectivity index (χ0v) is 43.1. The lowest BCUT2D eigenvalue weighted by Crippen LogP contribution is -2.67. The Bertz CT molecular complexity index is 1860. The molecule has 0 saturated carbocycles. The second-order valence-corrected chi connectivity index (χ2v) is 21.2. The maximum Gasteiger partial charge on any atom is 0.248 e. The smallest absolute Gasteiger partial charge is 0.248 e. The molecule has 1 fully saturated rings. The molecule has 0 spiro atoms. The summed E-state index contributed by atoms with van der Waals surface area (Å²) >= 11 is 0. The largest absolute Gasteiger partial charge is 0.394 e. The quantitative estimate of drug-likeness (QED) is 0.0639. The Labute approximate surface area is 396 Å². The van der Waals surface area contributed by atoms with Crippen molar-refractivity contribution < 1.29 is 53.1 Å². The van der Waals surface area contributed by atoms with Crippen molar-refractivity contribution in [2.24, 2.45) is 17.8 Å². The summed E-state index contributed by atoms with van der Waals surface area (Å²) < 4.78 is 0. The van der Waals surface area contributed by atoms with Crippen LogP contribution in [0.25, 0.3) is 0 Å². The van der Waals surface area contributed by atoms with Crippen molar-refractivity contribution >= 4 is 59.1 Å². The van der Waals surface area contributed by atoms with Gasteiger partial charge in [0.1, 0.15) is 51.9 Å². The normalized spacial score (nSPS) is 16.9. The Hall–Kier alpha value is -5.34. The van der Waals surface area contributed by atoms with Crippen LogP contribution < -0.4 is 47.9 Å². The maximum atomic E-state index is 13.9. The van der Waals surface area contributed by atoms with Crippen LogP contribution in [0.15, 0.2) is 0 Å². The lowest BCUT2D eigenvalue weighted by Gasteiger charge is -2.36. The summed E-state index contributed by atoms with van der Waals surface area (Å²) in [6.07, 6.45) is 1.79. The fraction of sp³-hybridized carbons (Fsp3) is 0.783. The van der Waals surface area contributed by atoms with E-state index in [1.54, 1.807) is 41.5 Å². The van der Waals surface area contributed by atoms with Crippen molar-refractivity contribution in [1.29, 1.82) is 0 Å². The number of nitrogens with zero attached hydrogens (tertiary/aromatic N) is 1. The number of carbonyl (C=O) groups is 10. The van der Waals surface area contributed by atoms with Gasteiger partial charge < -0.3 is 57.9 Å². The van der Waals surface area contributed by atoms with Gasteiger partial charge in [0.2, 0.25) is 59.1 Å². The number of hydrogen-bond donors (Lipinski definition) is 10. The molecule has 21 nitrogen and oxygen atoms in total. The second-order valence-electron chi connectivity index (χ2n) is 21.2. The molecule has 6 atom stereocenters. The summed E-state index contributed by atoms with van der Waals surface area (Å²) in [5.74, 6) is -7.83. The van der Waals surface area contributed by atoms with Gasteiger partial charge in [-0.2, -0.15) is 0 Å². The highest BCUT2D eigenvalue weighted by molar-refractivity contribution is 6.01. The van der Waals surface area contributed by atoms with Crippen molar-refractivity contribution in [1.82, 2.24) is 52.8 Å². The third-order valence-electron chi connectivity index (χ3n) is 11.9. The van der Waals surface area contributed by atoms with Crippen LogP contribution in [-0.4, -0.2) is 140 Å². The molecule has 0 aromatic carbocycles. The Balaban J connectivity index is 3.09. The van der Waals surface area contributed by atoms with Crippen LogP contribution in [-0.2, 0) is 47.9 Å². The molecule has 0 unspecified atom stereocenters. The van der Waals surface area contributed by atoms with Gasteiger partial charge in [0.15, 0.2) is 0 Å². The Kier molecular flexibility index (Phi) is 21.0. The van der Waals surface area contributed by atoms with Crippen molar-refractivity contribution in [2.45, 2.75) is 202 Å². The van der Waals surface area contributed by atoms with Crippen molar-refractivity contribution in [3.8, 4) is 0 Å². The zero-order valence-electron chi connectivity index (χ0n) is 43.1.